The third-order valence-electron chi connectivity index (χ3n) is 14.0. The number of hydrogen-bond donors (Lipinski definition) is 2. The molecule has 0 rings (SSSR count). The van der Waals surface area contributed by atoms with Crippen LogP contribution in [0.5, 0.6) is 0 Å². The van der Waals surface area contributed by atoms with Crippen molar-refractivity contribution in [2.75, 3.05) is 40.9 Å². The van der Waals surface area contributed by atoms with Crippen LogP contribution >= 0.6 is 7.82 Å². The Kier molecular flexibility index (Phi) is 54.1. The highest BCUT2D eigenvalue weighted by atomic mass is 31.2. The first-order valence-corrected chi connectivity index (χ1v) is 32.7. The first kappa shape index (κ1) is 71.9. The molecule has 2 N–H and O–H groups in total. The molecule has 0 spiro atoms. The highest BCUT2D eigenvalue weighted by Gasteiger charge is 2.24. The van der Waals surface area contributed by atoms with Crippen molar-refractivity contribution in [3.63, 3.8) is 0 Å². The Morgan fingerprint density at radius 3 is 1.20 bits per heavy atom. The normalized spacial score (nSPS) is 14.3. The van der Waals surface area contributed by atoms with Crippen molar-refractivity contribution in [1.82, 2.24) is 5.32 Å². The van der Waals surface area contributed by atoms with Gasteiger partial charge in [0.1, 0.15) is 13.2 Å². The zero-order valence-electron chi connectivity index (χ0n) is 49.3. The molecule has 0 aliphatic carbocycles. The number of hydrogen-bond acceptors (Lipinski definition) is 6. The number of nitrogens with one attached hydrogen (secondary N) is 1. The number of carbonyl (C=O) groups excluding carboxylic acids is 1. The number of phosphoric acid groups is 1. The Balaban J connectivity index is 4.08. The third-order valence-corrected chi connectivity index (χ3v) is 14.9. The second-order valence-electron chi connectivity index (χ2n) is 22.4. The van der Waals surface area contributed by atoms with E-state index >= 15 is 0 Å². The van der Waals surface area contributed by atoms with E-state index in [-0.39, 0.29) is 19.1 Å². The minimum atomic E-state index is -4.58. The zero-order chi connectivity index (χ0) is 54.2. The van der Waals surface area contributed by atoms with E-state index in [0.717, 1.165) is 77.0 Å². The lowest BCUT2D eigenvalue weighted by Gasteiger charge is -2.30. The summed E-state index contributed by atoms with van der Waals surface area (Å²) >= 11 is 0. The van der Waals surface area contributed by atoms with Crippen LogP contribution in [-0.2, 0) is 18.4 Å². The van der Waals surface area contributed by atoms with Gasteiger partial charge in [0.25, 0.3) is 7.82 Å². The molecule has 0 aliphatic rings. The lowest BCUT2D eigenvalue weighted by Crippen LogP contribution is -2.46. The molecule has 1 amide bonds. The van der Waals surface area contributed by atoms with Crippen LogP contribution in [0.3, 0.4) is 0 Å². The molecule has 0 radical (unpaired) electrons. The zero-order valence-corrected chi connectivity index (χ0v) is 50.2. The van der Waals surface area contributed by atoms with Crippen molar-refractivity contribution in [2.45, 2.75) is 296 Å². The van der Waals surface area contributed by atoms with Crippen molar-refractivity contribution in [3.05, 3.63) is 72.9 Å². The van der Waals surface area contributed by atoms with Crippen LogP contribution in [0.1, 0.15) is 284 Å². The Hall–Kier alpha value is -2.06. The number of phosphoric ester groups is 1. The monoisotopic (exact) mass is 1060 g/mol. The summed E-state index contributed by atoms with van der Waals surface area (Å²) in [5.74, 6) is -0.164. The minimum absolute atomic E-state index is 0.0109. The van der Waals surface area contributed by atoms with E-state index in [9.17, 15) is 19.4 Å². The number of carbonyl (C=O) groups is 1. The molecule has 0 aromatic rings. The number of nitrogens with zero attached hydrogens (tertiary/aromatic N) is 1. The number of unbranched alkanes of at least 4 members (excludes halogenated alkanes) is 32. The second kappa shape index (κ2) is 55.7. The number of quaternary nitrogens is 1. The summed E-state index contributed by atoms with van der Waals surface area (Å²) in [6, 6.07) is -0.804. The van der Waals surface area contributed by atoms with Crippen LogP contribution in [0.25, 0.3) is 0 Å². The summed E-state index contributed by atoms with van der Waals surface area (Å²) in [4.78, 5) is 25.6. The lowest BCUT2D eigenvalue weighted by molar-refractivity contribution is -0.870. The average Bonchev–Trinajstić information content (AvgIpc) is 3.36. The predicted octanol–water partition coefficient (Wildman–Crippen LogP) is 18.8. The van der Waals surface area contributed by atoms with Gasteiger partial charge in [0.05, 0.1) is 39.9 Å². The molecule has 74 heavy (non-hydrogen) atoms. The van der Waals surface area contributed by atoms with Gasteiger partial charge in [0, 0.05) is 6.42 Å². The Morgan fingerprint density at radius 2 is 0.824 bits per heavy atom. The molecule has 9 heteroatoms. The molecule has 0 saturated heterocycles. The van der Waals surface area contributed by atoms with Crippen LogP contribution in [0.15, 0.2) is 72.9 Å². The second-order valence-corrected chi connectivity index (χ2v) is 23.8. The minimum Gasteiger partial charge on any atom is -0.756 e. The van der Waals surface area contributed by atoms with Crippen LogP contribution < -0.4 is 10.2 Å². The number of aliphatic hydroxyl groups is 1. The number of allylic oxidation sites excluding steroid dienone is 12. The molecule has 432 valence electrons. The van der Waals surface area contributed by atoms with Gasteiger partial charge in [-0.2, -0.15) is 0 Å². The molecule has 3 unspecified atom stereocenters. The predicted molar refractivity (Wildman–Crippen MR) is 320 cm³/mol. The first-order chi connectivity index (χ1) is 36.0. The van der Waals surface area contributed by atoms with Gasteiger partial charge >= 0.3 is 0 Å². The van der Waals surface area contributed by atoms with Crippen molar-refractivity contribution >= 4 is 13.7 Å². The fourth-order valence-corrected chi connectivity index (χ4v) is 9.83. The van der Waals surface area contributed by atoms with Crippen LogP contribution in [0.2, 0.25) is 0 Å². The van der Waals surface area contributed by atoms with E-state index in [2.05, 4.69) is 92.1 Å². The van der Waals surface area contributed by atoms with Gasteiger partial charge in [-0.25, -0.2) is 0 Å². The average molecular weight is 1060 g/mol. The fourth-order valence-electron chi connectivity index (χ4n) is 9.10. The Morgan fingerprint density at radius 1 is 0.486 bits per heavy atom. The van der Waals surface area contributed by atoms with Gasteiger partial charge in [0.15, 0.2) is 0 Å². The van der Waals surface area contributed by atoms with Crippen molar-refractivity contribution in [3.8, 4) is 0 Å². The number of aliphatic hydroxyl groups excluding tert-OH is 1. The smallest absolute Gasteiger partial charge is 0.268 e. The van der Waals surface area contributed by atoms with Crippen LogP contribution in [0.4, 0.5) is 0 Å². The van der Waals surface area contributed by atoms with Gasteiger partial charge in [-0.1, -0.05) is 286 Å². The Labute approximate surface area is 459 Å². The fraction of sp³-hybridized carbons (Fsp3) is 0.800. The summed E-state index contributed by atoms with van der Waals surface area (Å²) in [5, 5.41) is 14.1. The molecular weight excluding hydrogens is 936 g/mol. The van der Waals surface area contributed by atoms with Gasteiger partial charge in [-0.15, -0.1) is 0 Å². The molecule has 0 aromatic carbocycles. The summed E-state index contributed by atoms with van der Waals surface area (Å²) < 4.78 is 23.5. The van der Waals surface area contributed by atoms with Crippen molar-refractivity contribution < 1.29 is 32.9 Å². The summed E-state index contributed by atoms with van der Waals surface area (Å²) in [6.45, 7) is 4.63. The topological polar surface area (TPSA) is 108 Å². The number of rotatable bonds is 57. The molecule has 0 aliphatic heterocycles. The molecule has 0 bridgehead atoms. The highest BCUT2D eigenvalue weighted by molar-refractivity contribution is 7.45. The molecule has 0 fully saturated rings. The van der Waals surface area contributed by atoms with Gasteiger partial charge in [-0.05, 0) is 64.2 Å². The number of likely N-dealkylation sites (N-methyl/N-ethyl adjacent to an activating group) is 1. The summed E-state index contributed by atoms with van der Waals surface area (Å²) in [5.41, 5.74) is 0. The maximum absolute atomic E-state index is 13.0. The van der Waals surface area contributed by atoms with Crippen molar-refractivity contribution in [2.24, 2.45) is 0 Å². The summed E-state index contributed by atoms with van der Waals surface area (Å²) in [7, 11) is 1.31. The first-order valence-electron chi connectivity index (χ1n) is 31.3. The van der Waals surface area contributed by atoms with E-state index in [1.807, 2.05) is 21.1 Å². The van der Waals surface area contributed by atoms with Crippen molar-refractivity contribution in [1.29, 1.82) is 0 Å². The lowest BCUT2D eigenvalue weighted by atomic mass is 10.0. The van der Waals surface area contributed by atoms with E-state index in [0.29, 0.717) is 23.9 Å². The van der Waals surface area contributed by atoms with Gasteiger partial charge in [0.2, 0.25) is 5.91 Å². The standard InChI is InChI=1S/C65H121N2O6P/c1-6-8-10-12-14-16-18-20-22-24-26-27-28-29-30-31-32-33-34-35-36-37-38-39-41-43-45-47-49-51-53-55-57-59-65(69)66-63(62-73-74(70,71)72-61-60-67(3,4)5)64(68)58-56-54-52-50-48-46-44-42-40-25-23-21-19-17-15-13-11-9-7-2/h8,10,14,16,20,22,26-27,29-30,32-33,63-64,68H,6-7,9,11-13,15,17-19,21,23-25,28,31,34-62H2,1-5H3,(H-,66,69,70,71)/b10-8-,16-14-,22-20-,27-26-,30-29-,33-32-. The summed E-state index contributed by atoms with van der Waals surface area (Å²) in [6.07, 6.45) is 76.6. The third kappa shape index (κ3) is 57.6. The largest absolute Gasteiger partial charge is 0.756 e. The SMILES string of the molecule is CC/C=C\C/C=C\C/C=C\C/C=C\C/C=C\C/C=C\CCCCCCCCCCCCCCCCC(=O)NC(COP(=O)([O-])OCC[N+](C)(C)C)C(O)CCCCCCCCCCCCCCCCCCCCC. The van der Waals surface area contributed by atoms with E-state index in [1.165, 1.54) is 180 Å². The molecule has 0 saturated carbocycles. The van der Waals surface area contributed by atoms with E-state index < -0.39 is 20.0 Å². The number of amides is 1. The Bertz CT molecular complexity index is 1430. The highest BCUT2D eigenvalue weighted by Crippen LogP contribution is 2.38. The molecular formula is C65H121N2O6P. The quantitative estimate of drug-likeness (QED) is 0.0272. The maximum Gasteiger partial charge on any atom is 0.268 e. The molecule has 0 aromatic heterocycles. The van der Waals surface area contributed by atoms with Gasteiger partial charge in [-0.3, -0.25) is 9.36 Å². The van der Waals surface area contributed by atoms with Gasteiger partial charge < -0.3 is 28.8 Å². The van der Waals surface area contributed by atoms with Crippen LogP contribution in [-0.4, -0.2) is 68.5 Å². The molecule has 3 atom stereocenters. The van der Waals surface area contributed by atoms with Crippen LogP contribution in [0, 0.1) is 0 Å². The van der Waals surface area contributed by atoms with E-state index in [4.69, 9.17) is 9.05 Å². The molecule has 0 heterocycles. The molecule has 8 nitrogen and oxygen atoms in total. The maximum atomic E-state index is 13.0. The van der Waals surface area contributed by atoms with E-state index in [1.54, 1.807) is 0 Å².